The molecule has 0 aromatic heterocycles. The van der Waals surface area contributed by atoms with Gasteiger partial charge in [-0.15, -0.1) is 0 Å². The second-order valence-electron chi connectivity index (χ2n) is 5.57. The van der Waals surface area contributed by atoms with Gasteiger partial charge in [0, 0.05) is 24.9 Å². The first-order chi connectivity index (χ1) is 7.86. The second-order valence-corrected chi connectivity index (χ2v) is 5.57. The van der Waals surface area contributed by atoms with Gasteiger partial charge in [-0.25, -0.2) is 0 Å². The quantitative estimate of drug-likeness (QED) is 0.820. The highest BCUT2D eigenvalue weighted by Gasteiger charge is 2.32. The van der Waals surface area contributed by atoms with Crippen LogP contribution in [0.3, 0.4) is 0 Å². The number of hydrogen-bond donors (Lipinski definition) is 1. The van der Waals surface area contributed by atoms with Gasteiger partial charge in [-0.05, 0) is 25.2 Å². The zero-order valence-corrected chi connectivity index (χ0v) is 11.0. The van der Waals surface area contributed by atoms with Crippen LogP contribution < -0.4 is 0 Å². The molecule has 98 valence electrons. The first kappa shape index (κ1) is 14.0. The van der Waals surface area contributed by atoms with E-state index in [1.165, 1.54) is 0 Å². The molecule has 0 spiro atoms. The number of carbonyl (C=O) groups excluding carboxylic acids is 1. The number of rotatable bonds is 4. The van der Waals surface area contributed by atoms with Crippen molar-refractivity contribution < 1.29 is 14.7 Å². The van der Waals surface area contributed by atoms with E-state index in [9.17, 15) is 9.59 Å². The minimum Gasteiger partial charge on any atom is -0.481 e. The molecule has 1 rings (SSSR count). The van der Waals surface area contributed by atoms with Crippen molar-refractivity contribution in [2.75, 3.05) is 13.1 Å². The maximum Gasteiger partial charge on any atom is 0.303 e. The summed E-state index contributed by atoms with van der Waals surface area (Å²) in [4.78, 5) is 24.7. The van der Waals surface area contributed by atoms with Crippen LogP contribution in [-0.4, -0.2) is 35.0 Å². The van der Waals surface area contributed by atoms with Crippen LogP contribution in [0.4, 0.5) is 0 Å². The second kappa shape index (κ2) is 5.52. The Hall–Kier alpha value is -1.06. The lowest BCUT2D eigenvalue weighted by Crippen LogP contribution is -2.45. The zero-order chi connectivity index (χ0) is 13.1. The van der Waals surface area contributed by atoms with Crippen molar-refractivity contribution in [3.8, 4) is 0 Å². The number of carboxylic acids is 1. The van der Waals surface area contributed by atoms with Crippen molar-refractivity contribution in [1.82, 2.24) is 4.90 Å². The van der Waals surface area contributed by atoms with E-state index in [0.29, 0.717) is 13.1 Å². The van der Waals surface area contributed by atoms with E-state index in [1.807, 2.05) is 25.7 Å². The van der Waals surface area contributed by atoms with Gasteiger partial charge in [0.2, 0.25) is 5.91 Å². The van der Waals surface area contributed by atoms with Gasteiger partial charge < -0.3 is 10.0 Å². The molecule has 0 saturated carbocycles. The average molecular weight is 241 g/mol. The van der Waals surface area contributed by atoms with E-state index in [1.54, 1.807) is 0 Å². The number of carboxylic acid groups (broad SMARTS) is 1. The van der Waals surface area contributed by atoms with Crippen LogP contribution in [0.5, 0.6) is 0 Å². The Morgan fingerprint density at radius 3 is 2.24 bits per heavy atom. The summed E-state index contributed by atoms with van der Waals surface area (Å²) >= 11 is 0. The molecule has 4 nitrogen and oxygen atoms in total. The molecular formula is C13H23NO3. The normalized spacial score (nSPS) is 18.2. The molecule has 0 aromatic carbocycles. The molecule has 1 aliphatic heterocycles. The summed E-state index contributed by atoms with van der Waals surface area (Å²) in [7, 11) is 0. The predicted molar refractivity (Wildman–Crippen MR) is 65.6 cm³/mol. The van der Waals surface area contributed by atoms with Crippen molar-refractivity contribution in [2.24, 2.45) is 11.3 Å². The third kappa shape index (κ3) is 3.72. The van der Waals surface area contributed by atoms with Gasteiger partial charge in [-0.2, -0.15) is 0 Å². The van der Waals surface area contributed by atoms with E-state index in [4.69, 9.17) is 5.11 Å². The van der Waals surface area contributed by atoms with Crippen molar-refractivity contribution in [2.45, 2.75) is 46.5 Å². The lowest BCUT2D eigenvalue weighted by atomic mass is 9.86. The lowest BCUT2D eigenvalue weighted by Gasteiger charge is -2.36. The molecule has 1 heterocycles. The third-order valence-corrected chi connectivity index (χ3v) is 3.83. The Bertz CT molecular complexity index is 291. The Morgan fingerprint density at radius 1 is 1.29 bits per heavy atom. The van der Waals surface area contributed by atoms with Gasteiger partial charge in [0.25, 0.3) is 0 Å². The molecule has 1 amide bonds. The van der Waals surface area contributed by atoms with Crippen molar-refractivity contribution >= 4 is 11.9 Å². The Labute approximate surface area is 103 Å². The number of hydrogen-bond acceptors (Lipinski definition) is 2. The minimum absolute atomic E-state index is 0.203. The molecule has 0 aromatic rings. The maximum absolute atomic E-state index is 12.2. The molecule has 0 atom stereocenters. The van der Waals surface area contributed by atoms with E-state index in [0.717, 1.165) is 19.3 Å². The number of likely N-dealkylation sites (tertiary alicyclic amines) is 1. The van der Waals surface area contributed by atoms with Gasteiger partial charge in [0.1, 0.15) is 0 Å². The largest absolute Gasteiger partial charge is 0.481 e. The molecule has 0 radical (unpaired) electrons. The minimum atomic E-state index is -0.733. The monoisotopic (exact) mass is 241 g/mol. The summed E-state index contributed by atoms with van der Waals surface area (Å²) in [6, 6.07) is 0. The Balaban J connectivity index is 2.47. The number of aliphatic carboxylic acids is 1. The SMILES string of the molecule is CCC(C)(C)C(=O)N1CCC(CC(=O)O)CC1. The summed E-state index contributed by atoms with van der Waals surface area (Å²) in [5.74, 6) is -0.293. The van der Waals surface area contributed by atoms with Crippen LogP contribution in [0.25, 0.3) is 0 Å². The number of carbonyl (C=O) groups is 2. The Kier molecular flexibility index (Phi) is 4.54. The first-order valence-corrected chi connectivity index (χ1v) is 6.38. The number of nitrogens with zero attached hydrogens (tertiary/aromatic N) is 1. The van der Waals surface area contributed by atoms with Crippen molar-refractivity contribution in [1.29, 1.82) is 0 Å². The van der Waals surface area contributed by atoms with Gasteiger partial charge in [0.15, 0.2) is 0 Å². The molecular weight excluding hydrogens is 218 g/mol. The highest BCUT2D eigenvalue weighted by atomic mass is 16.4. The smallest absolute Gasteiger partial charge is 0.303 e. The number of amides is 1. The fourth-order valence-electron chi connectivity index (χ4n) is 2.17. The summed E-state index contributed by atoms with van der Waals surface area (Å²) < 4.78 is 0. The van der Waals surface area contributed by atoms with Crippen molar-refractivity contribution in [3.63, 3.8) is 0 Å². The zero-order valence-electron chi connectivity index (χ0n) is 11.0. The molecule has 1 fully saturated rings. The summed E-state index contributed by atoms with van der Waals surface area (Å²) in [5.41, 5.74) is -0.292. The summed E-state index contributed by atoms with van der Waals surface area (Å²) in [5, 5.41) is 8.73. The van der Waals surface area contributed by atoms with Crippen LogP contribution in [0.15, 0.2) is 0 Å². The van der Waals surface area contributed by atoms with E-state index in [-0.39, 0.29) is 23.7 Å². The van der Waals surface area contributed by atoms with E-state index < -0.39 is 5.97 Å². The van der Waals surface area contributed by atoms with Crippen LogP contribution in [0.1, 0.15) is 46.5 Å². The maximum atomic E-state index is 12.2. The van der Waals surface area contributed by atoms with Gasteiger partial charge >= 0.3 is 5.97 Å². The topological polar surface area (TPSA) is 57.6 Å². The highest BCUT2D eigenvalue weighted by molar-refractivity contribution is 5.82. The molecule has 0 aliphatic carbocycles. The van der Waals surface area contributed by atoms with E-state index >= 15 is 0 Å². The standard InChI is InChI=1S/C13H23NO3/c1-4-13(2,3)12(17)14-7-5-10(6-8-14)9-11(15)16/h10H,4-9H2,1-3H3,(H,15,16). The third-order valence-electron chi connectivity index (χ3n) is 3.83. The van der Waals surface area contributed by atoms with Crippen LogP contribution in [0, 0.1) is 11.3 Å². The van der Waals surface area contributed by atoms with Crippen LogP contribution in [0.2, 0.25) is 0 Å². The molecule has 17 heavy (non-hydrogen) atoms. The average Bonchev–Trinajstić information content (AvgIpc) is 2.28. The Morgan fingerprint density at radius 2 is 1.82 bits per heavy atom. The van der Waals surface area contributed by atoms with Crippen molar-refractivity contribution in [3.05, 3.63) is 0 Å². The molecule has 1 aliphatic rings. The molecule has 0 bridgehead atoms. The molecule has 4 heteroatoms. The van der Waals surface area contributed by atoms with Gasteiger partial charge in [-0.3, -0.25) is 9.59 Å². The predicted octanol–water partition coefficient (Wildman–Crippen LogP) is 2.14. The van der Waals surface area contributed by atoms with Crippen LogP contribution in [-0.2, 0) is 9.59 Å². The van der Waals surface area contributed by atoms with E-state index in [2.05, 4.69) is 0 Å². The number of piperidine rings is 1. The fourth-order valence-corrected chi connectivity index (χ4v) is 2.17. The lowest BCUT2D eigenvalue weighted by molar-refractivity contribution is -0.142. The summed E-state index contributed by atoms with van der Waals surface area (Å²) in [6.45, 7) is 7.38. The van der Waals surface area contributed by atoms with Gasteiger partial charge in [-0.1, -0.05) is 20.8 Å². The first-order valence-electron chi connectivity index (χ1n) is 6.38. The molecule has 1 saturated heterocycles. The highest BCUT2D eigenvalue weighted by Crippen LogP contribution is 2.27. The molecule has 0 unspecified atom stereocenters. The molecule has 1 N–H and O–H groups in total. The van der Waals surface area contributed by atoms with Crippen LogP contribution >= 0.6 is 0 Å². The fraction of sp³-hybridized carbons (Fsp3) is 0.846. The summed E-state index contributed by atoms with van der Waals surface area (Å²) in [6.07, 6.45) is 2.70. The van der Waals surface area contributed by atoms with Gasteiger partial charge in [0.05, 0.1) is 0 Å².